The van der Waals surface area contributed by atoms with Crippen molar-refractivity contribution in [2.24, 2.45) is 12.8 Å². The summed E-state index contributed by atoms with van der Waals surface area (Å²) in [5, 5.41) is 0.709. The van der Waals surface area contributed by atoms with Crippen LogP contribution in [0.2, 0.25) is 0 Å². The summed E-state index contributed by atoms with van der Waals surface area (Å²) >= 11 is 0. The summed E-state index contributed by atoms with van der Waals surface area (Å²) in [4.78, 5) is 19.4. The van der Waals surface area contributed by atoms with Crippen LogP contribution in [0.5, 0.6) is 0 Å². The summed E-state index contributed by atoms with van der Waals surface area (Å²) in [5.41, 5.74) is 8.68. The maximum atomic E-state index is 13.4. The third-order valence-corrected chi connectivity index (χ3v) is 6.25. The van der Waals surface area contributed by atoms with Gasteiger partial charge in [0.2, 0.25) is 0 Å². The molecule has 34 heavy (non-hydrogen) atoms. The topological polar surface area (TPSA) is 69.1 Å². The molecule has 1 amide bonds. The highest BCUT2D eigenvalue weighted by molar-refractivity contribution is 5.98. The first kappa shape index (κ1) is 24.1. The van der Waals surface area contributed by atoms with E-state index >= 15 is 0 Å². The zero-order valence-corrected chi connectivity index (χ0v) is 19.4. The first-order chi connectivity index (χ1) is 15.7. The van der Waals surface area contributed by atoms with E-state index in [1.165, 1.54) is 4.57 Å². The maximum absolute atomic E-state index is 13.4. The Labute approximate surface area is 200 Å². The van der Waals surface area contributed by atoms with Crippen LogP contribution in [0.15, 0.2) is 48.5 Å². The molecule has 1 saturated heterocycles. The number of nitrogens with two attached hydrogens (primary N) is 1. The zero-order valence-electron chi connectivity index (χ0n) is 18.5. The average Bonchev–Trinajstić information content (AvgIpc) is 3.29. The van der Waals surface area contributed by atoms with E-state index < -0.39 is 12.7 Å². The van der Waals surface area contributed by atoms with E-state index in [9.17, 15) is 18.0 Å². The van der Waals surface area contributed by atoms with Crippen LogP contribution in [-0.4, -0.2) is 50.2 Å². The Balaban J connectivity index is 0.00000274. The summed E-state index contributed by atoms with van der Waals surface area (Å²) in [7, 11) is 1.77. The number of piperidine rings is 1. The van der Waals surface area contributed by atoms with Crippen molar-refractivity contribution in [3.63, 3.8) is 0 Å². The van der Waals surface area contributed by atoms with E-state index in [4.69, 9.17) is 5.73 Å². The number of carbonyl (C=O) groups is 1. The molecule has 4 aromatic rings. The molecule has 2 aromatic heterocycles. The number of likely N-dealkylation sites (tertiary alicyclic amines) is 1. The quantitative estimate of drug-likeness (QED) is 0.450. The number of imidazole rings is 1. The number of carbonyl (C=O) groups excluding carboxylic acids is 1. The molecule has 1 aliphatic heterocycles. The van der Waals surface area contributed by atoms with Crippen LogP contribution in [0.1, 0.15) is 23.2 Å². The van der Waals surface area contributed by atoms with Crippen molar-refractivity contribution < 1.29 is 18.0 Å². The van der Waals surface area contributed by atoms with Crippen LogP contribution in [0, 0.1) is 0 Å². The van der Waals surface area contributed by atoms with Gasteiger partial charge < -0.3 is 19.8 Å². The number of hydrogen-bond donors (Lipinski definition) is 1. The maximum Gasteiger partial charge on any atom is 0.406 e. The van der Waals surface area contributed by atoms with Gasteiger partial charge in [-0.05, 0) is 43.2 Å². The van der Waals surface area contributed by atoms with E-state index in [2.05, 4.69) is 4.98 Å². The van der Waals surface area contributed by atoms with Crippen molar-refractivity contribution in [2.75, 3.05) is 13.1 Å². The van der Waals surface area contributed by atoms with Crippen molar-refractivity contribution >= 4 is 40.3 Å². The highest BCUT2D eigenvalue weighted by Crippen LogP contribution is 2.33. The molecule has 180 valence electrons. The monoisotopic (exact) mass is 491 g/mol. The van der Waals surface area contributed by atoms with E-state index in [-0.39, 0.29) is 24.4 Å². The van der Waals surface area contributed by atoms with E-state index in [0.29, 0.717) is 46.6 Å². The Morgan fingerprint density at radius 1 is 1.15 bits per heavy atom. The third kappa shape index (κ3) is 4.37. The van der Waals surface area contributed by atoms with Crippen molar-refractivity contribution in [1.29, 1.82) is 0 Å². The predicted molar refractivity (Wildman–Crippen MR) is 128 cm³/mol. The molecule has 2 N–H and O–H groups in total. The van der Waals surface area contributed by atoms with E-state index in [1.54, 1.807) is 65.0 Å². The average molecular weight is 492 g/mol. The van der Waals surface area contributed by atoms with Crippen LogP contribution in [0.25, 0.3) is 33.5 Å². The number of halogens is 4. The summed E-state index contributed by atoms with van der Waals surface area (Å²) in [6.07, 6.45) is -2.61. The minimum Gasteiger partial charge on any atom is -0.337 e. The van der Waals surface area contributed by atoms with Gasteiger partial charge in [-0.15, -0.1) is 12.4 Å². The molecule has 1 unspecified atom stereocenters. The lowest BCUT2D eigenvalue weighted by Gasteiger charge is -2.30. The molecule has 0 spiro atoms. The molecule has 0 radical (unpaired) electrons. The lowest BCUT2D eigenvalue weighted by atomic mass is 10.1. The standard InChI is InChI=1S/C24H24F3N5O.ClH/c1-30-20-9-8-16(23(33)31-10-4-6-17(28)13-31)11-18(20)29-22(30)21-12-15-5-2-3-7-19(15)32(21)14-24(25,26)27;/h2-3,5,7-9,11-12,17H,4,6,10,13-14,28H2,1H3;1H. The highest BCUT2D eigenvalue weighted by atomic mass is 35.5. The fourth-order valence-electron chi connectivity index (χ4n) is 4.68. The number of aromatic nitrogens is 3. The van der Waals surface area contributed by atoms with Crippen molar-refractivity contribution in [3.05, 3.63) is 54.1 Å². The van der Waals surface area contributed by atoms with Gasteiger partial charge in [-0.3, -0.25) is 4.79 Å². The fraction of sp³-hybridized carbons (Fsp3) is 0.333. The minimum atomic E-state index is -4.38. The van der Waals surface area contributed by atoms with Crippen molar-refractivity contribution in [3.8, 4) is 11.5 Å². The van der Waals surface area contributed by atoms with Crippen molar-refractivity contribution in [2.45, 2.75) is 31.6 Å². The van der Waals surface area contributed by atoms with Gasteiger partial charge in [-0.1, -0.05) is 18.2 Å². The van der Waals surface area contributed by atoms with Gasteiger partial charge in [-0.25, -0.2) is 4.98 Å². The lowest BCUT2D eigenvalue weighted by molar-refractivity contribution is -0.139. The largest absolute Gasteiger partial charge is 0.406 e. The number of amides is 1. The molecule has 10 heteroatoms. The van der Waals surface area contributed by atoms with Gasteiger partial charge in [0.05, 0.1) is 16.7 Å². The smallest absolute Gasteiger partial charge is 0.337 e. The Morgan fingerprint density at radius 3 is 2.65 bits per heavy atom. The van der Waals surface area contributed by atoms with Crippen LogP contribution in [0.4, 0.5) is 13.2 Å². The molecule has 1 fully saturated rings. The molecule has 0 bridgehead atoms. The molecule has 0 aliphatic carbocycles. The molecule has 1 aliphatic rings. The number of benzene rings is 2. The Bertz CT molecular complexity index is 1360. The molecule has 0 saturated carbocycles. The van der Waals surface area contributed by atoms with Gasteiger partial charge in [0.25, 0.3) is 5.91 Å². The first-order valence-electron chi connectivity index (χ1n) is 10.9. The number of alkyl halides is 3. The number of para-hydroxylation sites is 1. The van der Waals surface area contributed by atoms with Gasteiger partial charge >= 0.3 is 6.18 Å². The Hall–Kier alpha value is -3.04. The summed E-state index contributed by atoms with van der Waals surface area (Å²) in [6.45, 7) is 0.0650. The summed E-state index contributed by atoms with van der Waals surface area (Å²) in [5.74, 6) is 0.306. The molecular weight excluding hydrogens is 467 g/mol. The first-order valence-corrected chi connectivity index (χ1v) is 10.9. The number of rotatable bonds is 3. The molecule has 5 rings (SSSR count). The number of fused-ring (bicyclic) bond motifs is 2. The third-order valence-electron chi connectivity index (χ3n) is 6.25. The van der Waals surface area contributed by atoms with Gasteiger partial charge in [-0.2, -0.15) is 13.2 Å². The second-order valence-corrected chi connectivity index (χ2v) is 8.64. The van der Waals surface area contributed by atoms with E-state index in [0.717, 1.165) is 18.4 Å². The number of aryl methyl sites for hydroxylation is 1. The molecule has 6 nitrogen and oxygen atoms in total. The molecular formula is C24H25ClF3N5O. The van der Waals surface area contributed by atoms with Gasteiger partial charge in [0.15, 0.2) is 5.82 Å². The summed E-state index contributed by atoms with van der Waals surface area (Å²) in [6, 6.07) is 13.9. The molecule has 1 atom stereocenters. The van der Waals surface area contributed by atoms with Crippen LogP contribution in [-0.2, 0) is 13.6 Å². The van der Waals surface area contributed by atoms with Gasteiger partial charge in [0, 0.05) is 42.6 Å². The minimum absolute atomic E-state index is 0. The molecule has 3 heterocycles. The van der Waals surface area contributed by atoms with Gasteiger partial charge in [0.1, 0.15) is 6.54 Å². The van der Waals surface area contributed by atoms with Crippen LogP contribution >= 0.6 is 12.4 Å². The highest BCUT2D eigenvalue weighted by Gasteiger charge is 2.31. The lowest BCUT2D eigenvalue weighted by Crippen LogP contribution is -2.45. The SMILES string of the molecule is Cl.Cn1c(-c2cc3ccccc3n2CC(F)(F)F)nc2cc(C(=O)N3CCCC(N)C3)ccc21. The Morgan fingerprint density at radius 2 is 1.91 bits per heavy atom. The van der Waals surface area contributed by atoms with Crippen LogP contribution < -0.4 is 5.73 Å². The second kappa shape index (κ2) is 8.96. The second-order valence-electron chi connectivity index (χ2n) is 8.64. The normalized spacial score (nSPS) is 16.7. The number of nitrogens with zero attached hydrogens (tertiary/aromatic N) is 4. The predicted octanol–water partition coefficient (Wildman–Crippen LogP) is 4.74. The fourth-order valence-corrected chi connectivity index (χ4v) is 4.68. The van der Waals surface area contributed by atoms with E-state index in [1.807, 2.05) is 0 Å². The number of hydrogen-bond acceptors (Lipinski definition) is 3. The zero-order chi connectivity index (χ0) is 23.3. The Kier molecular flexibility index (Phi) is 6.35. The molecule has 2 aromatic carbocycles. The summed E-state index contributed by atoms with van der Waals surface area (Å²) < 4.78 is 43.2. The van der Waals surface area contributed by atoms with Crippen LogP contribution in [0.3, 0.4) is 0 Å². The van der Waals surface area contributed by atoms with Crippen molar-refractivity contribution in [1.82, 2.24) is 19.0 Å².